The summed E-state index contributed by atoms with van der Waals surface area (Å²) in [5, 5.41) is 22.5. The second-order valence-corrected chi connectivity index (χ2v) is 5.86. The number of aliphatic hydroxyl groups is 2. The van der Waals surface area contributed by atoms with Crippen molar-refractivity contribution < 1.29 is 24.5 Å². The van der Waals surface area contributed by atoms with Gasteiger partial charge in [0.2, 0.25) is 0 Å². The number of nitrogens with zero attached hydrogens (tertiary/aromatic N) is 2. The van der Waals surface area contributed by atoms with Gasteiger partial charge in [0.15, 0.2) is 0 Å². The molecule has 1 aliphatic carbocycles. The molecular formula is C15H24ClN3O5. The van der Waals surface area contributed by atoms with Crippen molar-refractivity contribution in [3.8, 4) is 0 Å². The Hall–Kier alpha value is -1.32. The summed E-state index contributed by atoms with van der Waals surface area (Å²) in [5.41, 5.74) is -0.285. The molecule has 0 saturated heterocycles. The van der Waals surface area contributed by atoms with Gasteiger partial charge in [0.25, 0.3) is 5.91 Å². The quantitative estimate of drug-likeness (QED) is 0.549. The van der Waals surface area contributed by atoms with Gasteiger partial charge in [-0.1, -0.05) is 0 Å². The number of amides is 1. The second kappa shape index (κ2) is 9.85. The van der Waals surface area contributed by atoms with E-state index in [0.717, 1.165) is 0 Å². The van der Waals surface area contributed by atoms with Crippen LogP contribution in [0.15, 0.2) is 18.6 Å². The topological polar surface area (TPSA) is 114 Å². The highest BCUT2D eigenvalue weighted by Crippen LogP contribution is 2.38. The first-order valence-corrected chi connectivity index (χ1v) is 7.53. The molecule has 1 aliphatic rings. The fraction of sp³-hybridized carbons (Fsp3) is 0.667. The maximum absolute atomic E-state index is 12.1. The third kappa shape index (κ3) is 5.64. The van der Waals surface area contributed by atoms with Gasteiger partial charge < -0.3 is 25.0 Å². The van der Waals surface area contributed by atoms with Gasteiger partial charge in [0, 0.05) is 31.5 Å². The van der Waals surface area contributed by atoms with Crippen LogP contribution in [0.5, 0.6) is 0 Å². The van der Waals surface area contributed by atoms with Crippen LogP contribution in [0, 0.1) is 5.41 Å². The zero-order valence-corrected chi connectivity index (χ0v) is 14.4. The monoisotopic (exact) mass is 361 g/mol. The molecule has 8 nitrogen and oxygen atoms in total. The van der Waals surface area contributed by atoms with Crippen LogP contribution in [-0.4, -0.2) is 71.8 Å². The van der Waals surface area contributed by atoms with E-state index in [0.29, 0.717) is 32.7 Å². The fourth-order valence-electron chi connectivity index (χ4n) is 2.76. The Labute approximate surface area is 147 Å². The van der Waals surface area contributed by atoms with E-state index in [-0.39, 0.29) is 30.6 Å². The van der Waals surface area contributed by atoms with E-state index in [1.807, 2.05) is 0 Å². The second-order valence-electron chi connectivity index (χ2n) is 5.86. The molecular weight excluding hydrogens is 338 g/mol. The Morgan fingerprint density at radius 1 is 1.33 bits per heavy atom. The molecule has 0 radical (unpaired) electrons. The predicted molar refractivity (Wildman–Crippen MR) is 88.0 cm³/mol. The van der Waals surface area contributed by atoms with Crippen molar-refractivity contribution >= 4 is 18.3 Å². The highest BCUT2D eigenvalue weighted by atomic mass is 35.5. The summed E-state index contributed by atoms with van der Waals surface area (Å²) in [6, 6.07) is 0. The molecule has 0 bridgehead atoms. The largest absolute Gasteiger partial charge is 0.390 e. The van der Waals surface area contributed by atoms with Gasteiger partial charge in [-0.3, -0.25) is 9.78 Å². The molecule has 1 heterocycles. The molecule has 2 rings (SSSR count). The fourth-order valence-corrected chi connectivity index (χ4v) is 2.76. The number of carbonyl (C=O) groups excluding carboxylic acids is 1. The molecule has 1 aromatic rings. The molecule has 1 unspecified atom stereocenters. The minimum atomic E-state index is -0.811. The average Bonchev–Trinajstić information content (AvgIpc) is 2.85. The summed E-state index contributed by atoms with van der Waals surface area (Å²) in [6.45, 7) is 1.49. The lowest BCUT2D eigenvalue weighted by Gasteiger charge is -2.29. The molecule has 136 valence electrons. The molecule has 0 aliphatic heterocycles. The number of methoxy groups -OCH3 is 1. The maximum atomic E-state index is 12.1. The standard InChI is InChI=1S/C15H23N3O5.ClH/c1-22-4-5-23-10-15(6-12(19)13(20)7-15)9-18-14(21)11-8-16-2-3-17-11;/h2-3,8,12-13,19-20H,4-7,9-10H2,1H3,(H,18,21);1H/t12-,13+,15?;. The van der Waals surface area contributed by atoms with Crippen LogP contribution >= 0.6 is 12.4 Å². The number of halogens is 1. The van der Waals surface area contributed by atoms with Gasteiger partial charge in [0.1, 0.15) is 5.69 Å². The minimum absolute atomic E-state index is 0. The van der Waals surface area contributed by atoms with Crippen molar-refractivity contribution in [2.24, 2.45) is 5.41 Å². The molecule has 1 saturated carbocycles. The molecule has 3 N–H and O–H groups in total. The van der Waals surface area contributed by atoms with Crippen LogP contribution in [0.4, 0.5) is 0 Å². The number of hydrogen-bond donors (Lipinski definition) is 3. The predicted octanol–water partition coefficient (Wildman–Crippen LogP) is -0.207. The van der Waals surface area contributed by atoms with Crippen LogP contribution < -0.4 is 5.32 Å². The molecule has 3 atom stereocenters. The van der Waals surface area contributed by atoms with Crippen molar-refractivity contribution in [3.05, 3.63) is 24.3 Å². The lowest BCUT2D eigenvalue weighted by Crippen LogP contribution is -2.40. The third-order valence-electron chi connectivity index (χ3n) is 3.99. The first kappa shape index (κ1) is 20.7. The molecule has 1 fully saturated rings. The zero-order valence-electron chi connectivity index (χ0n) is 13.6. The zero-order chi connectivity index (χ0) is 16.7. The van der Waals surface area contributed by atoms with Crippen LogP contribution in [0.2, 0.25) is 0 Å². The van der Waals surface area contributed by atoms with Crippen LogP contribution in [0.3, 0.4) is 0 Å². The number of hydrogen-bond acceptors (Lipinski definition) is 7. The Morgan fingerprint density at radius 2 is 2.04 bits per heavy atom. The Balaban J connectivity index is 0.00000288. The number of rotatable bonds is 8. The minimum Gasteiger partial charge on any atom is -0.390 e. The van der Waals surface area contributed by atoms with E-state index in [9.17, 15) is 15.0 Å². The van der Waals surface area contributed by atoms with Crippen molar-refractivity contribution in [1.29, 1.82) is 0 Å². The molecule has 9 heteroatoms. The third-order valence-corrected chi connectivity index (χ3v) is 3.99. The number of nitrogens with one attached hydrogen (secondary N) is 1. The highest BCUT2D eigenvalue weighted by Gasteiger charge is 2.44. The maximum Gasteiger partial charge on any atom is 0.271 e. The Morgan fingerprint density at radius 3 is 2.62 bits per heavy atom. The van der Waals surface area contributed by atoms with E-state index in [1.165, 1.54) is 18.6 Å². The highest BCUT2D eigenvalue weighted by molar-refractivity contribution is 5.91. The summed E-state index contributed by atoms with van der Waals surface area (Å²) >= 11 is 0. The van der Waals surface area contributed by atoms with Crippen molar-refractivity contribution in [3.63, 3.8) is 0 Å². The Bertz CT molecular complexity index is 495. The van der Waals surface area contributed by atoms with Gasteiger partial charge in [-0.25, -0.2) is 4.98 Å². The molecule has 0 spiro atoms. The SMILES string of the molecule is COCCOCC1(CNC(=O)c2cnccn2)C[C@@H](O)[C@@H](O)C1.Cl. The summed E-state index contributed by atoms with van der Waals surface area (Å²) < 4.78 is 10.5. The van der Waals surface area contributed by atoms with E-state index >= 15 is 0 Å². The Kier molecular flexibility index (Phi) is 8.51. The number of aliphatic hydroxyl groups excluding tert-OH is 2. The van der Waals surface area contributed by atoms with Gasteiger partial charge in [0.05, 0.1) is 38.2 Å². The lowest BCUT2D eigenvalue weighted by molar-refractivity contribution is 0.0113. The normalized spacial score (nSPS) is 26.0. The number of ether oxygens (including phenoxy) is 2. The van der Waals surface area contributed by atoms with E-state index in [4.69, 9.17) is 9.47 Å². The summed E-state index contributed by atoms with van der Waals surface area (Å²) in [5.74, 6) is -0.342. The molecule has 0 aromatic carbocycles. The van der Waals surface area contributed by atoms with Gasteiger partial charge in [-0.2, -0.15) is 0 Å². The van der Waals surface area contributed by atoms with Gasteiger partial charge in [-0.15, -0.1) is 12.4 Å². The number of aromatic nitrogens is 2. The molecule has 24 heavy (non-hydrogen) atoms. The van der Waals surface area contributed by atoms with Crippen LogP contribution in [0.25, 0.3) is 0 Å². The summed E-state index contributed by atoms with van der Waals surface area (Å²) in [7, 11) is 1.59. The van der Waals surface area contributed by atoms with Crippen LogP contribution in [-0.2, 0) is 9.47 Å². The number of carbonyl (C=O) groups is 1. The molecule has 1 aromatic heterocycles. The van der Waals surface area contributed by atoms with E-state index in [1.54, 1.807) is 7.11 Å². The van der Waals surface area contributed by atoms with Gasteiger partial charge in [-0.05, 0) is 12.8 Å². The molecule has 1 amide bonds. The van der Waals surface area contributed by atoms with Crippen LogP contribution in [0.1, 0.15) is 23.3 Å². The van der Waals surface area contributed by atoms with Crippen molar-refractivity contribution in [2.45, 2.75) is 25.0 Å². The van der Waals surface area contributed by atoms with Crippen molar-refractivity contribution in [1.82, 2.24) is 15.3 Å². The summed E-state index contributed by atoms with van der Waals surface area (Å²) in [4.78, 5) is 19.9. The van der Waals surface area contributed by atoms with Gasteiger partial charge >= 0.3 is 0 Å². The van der Waals surface area contributed by atoms with Crippen molar-refractivity contribution in [2.75, 3.05) is 33.5 Å². The summed E-state index contributed by atoms with van der Waals surface area (Å²) in [6.07, 6.45) is 3.43. The van der Waals surface area contributed by atoms with E-state index in [2.05, 4.69) is 15.3 Å². The first-order chi connectivity index (χ1) is 11.1. The van der Waals surface area contributed by atoms with E-state index < -0.39 is 17.6 Å². The average molecular weight is 362 g/mol. The first-order valence-electron chi connectivity index (χ1n) is 7.53. The lowest BCUT2D eigenvalue weighted by atomic mass is 9.86. The smallest absolute Gasteiger partial charge is 0.271 e.